The second-order valence-corrected chi connectivity index (χ2v) is 5.51. The molecule has 1 saturated heterocycles. The van der Waals surface area contributed by atoms with Crippen LogP contribution in [0.15, 0.2) is 42.6 Å². The van der Waals surface area contributed by atoms with E-state index in [1.165, 1.54) is 29.3 Å². The second kappa shape index (κ2) is 6.34. The number of amides is 2. The number of para-hydroxylation sites is 1. The van der Waals surface area contributed by atoms with Crippen molar-refractivity contribution < 1.29 is 14.0 Å². The molecule has 0 spiro atoms. The summed E-state index contributed by atoms with van der Waals surface area (Å²) < 4.78 is 13.8. The van der Waals surface area contributed by atoms with Crippen molar-refractivity contribution in [3.8, 4) is 0 Å². The maximum Gasteiger partial charge on any atom is 0.252 e. The molecule has 0 saturated carbocycles. The Morgan fingerprint density at radius 2 is 2.13 bits per heavy atom. The van der Waals surface area contributed by atoms with E-state index >= 15 is 0 Å². The summed E-state index contributed by atoms with van der Waals surface area (Å²) in [4.78, 5) is 29.7. The molecule has 2 amide bonds. The summed E-state index contributed by atoms with van der Waals surface area (Å²) in [6.07, 6.45) is 1.83. The fourth-order valence-electron chi connectivity index (χ4n) is 2.51. The second-order valence-electron chi connectivity index (χ2n) is 5.12. The number of pyridine rings is 1. The van der Waals surface area contributed by atoms with Gasteiger partial charge in [0.1, 0.15) is 17.0 Å². The van der Waals surface area contributed by atoms with Crippen LogP contribution < -0.4 is 10.2 Å². The smallest absolute Gasteiger partial charge is 0.252 e. The van der Waals surface area contributed by atoms with Gasteiger partial charge in [0, 0.05) is 18.3 Å². The SMILES string of the molecule is O=C(NC1CCN(c2ccccc2F)C1=O)c1ccnc(Cl)c1. The first kappa shape index (κ1) is 15.4. The summed E-state index contributed by atoms with van der Waals surface area (Å²) in [5, 5.41) is 2.85. The van der Waals surface area contributed by atoms with Gasteiger partial charge in [0.25, 0.3) is 5.91 Å². The predicted molar refractivity (Wildman–Crippen MR) is 83.9 cm³/mol. The largest absolute Gasteiger partial charge is 0.340 e. The van der Waals surface area contributed by atoms with Crippen molar-refractivity contribution in [2.45, 2.75) is 12.5 Å². The number of halogens is 2. The molecule has 0 radical (unpaired) electrons. The van der Waals surface area contributed by atoms with Crippen LogP contribution in [0.1, 0.15) is 16.8 Å². The molecule has 1 N–H and O–H groups in total. The summed E-state index contributed by atoms with van der Waals surface area (Å²) in [7, 11) is 0. The summed E-state index contributed by atoms with van der Waals surface area (Å²) >= 11 is 5.75. The van der Waals surface area contributed by atoms with Gasteiger partial charge in [-0.3, -0.25) is 9.59 Å². The van der Waals surface area contributed by atoms with Gasteiger partial charge in [-0.2, -0.15) is 0 Å². The van der Waals surface area contributed by atoms with Crippen molar-refractivity contribution in [1.82, 2.24) is 10.3 Å². The average molecular weight is 334 g/mol. The highest BCUT2D eigenvalue weighted by Gasteiger charge is 2.34. The fraction of sp³-hybridized carbons (Fsp3) is 0.188. The Morgan fingerprint density at radius 1 is 1.35 bits per heavy atom. The quantitative estimate of drug-likeness (QED) is 0.877. The van der Waals surface area contributed by atoms with Crippen molar-refractivity contribution >= 4 is 29.1 Å². The molecular weight excluding hydrogens is 321 g/mol. The molecule has 118 valence electrons. The van der Waals surface area contributed by atoms with Crippen molar-refractivity contribution in [2.75, 3.05) is 11.4 Å². The Labute approximate surface area is 137 Å². The fourth-order valence-corrected chi connectivity index (χ4v) is 2.68. The predicted octanol–water partition coefficient (Wildman–Crippen LogP) is 2.41. The van der Waals surface area contributed by atoms with Gasteiger partial charge in [-0.05, 0) is 30.7 Å². The molecule has 0 aliphatic carbocycles. The van der Waals surface area contributed by atoms with Crippen LogP contribution in [-0.2, 0) is 4.79 Å². The highest BCUT2D eigenvalue weighted by Crippen LogP contribution is 2.24. The van der Waals surface area contributed by atoms with Gasteiger partial charge in [-0.1, -0.05) is 23.7 Å². The molecule has 2 aromatic rings. The monoisotopic (exact) mass is 333 g/mol. The van der Waals surface area contributed by atoms with Gasteiger partial charge >= 0.3 is 0 Å². The Balaban J connectivity index is 1.72. The Morgan fingerprint density at radius 3 is 2.87 bits per heavy atom. The van der Waals surface area contributed by atoms with Crippen molar-refractivity contribution in [3.05, 3.63) is 59.1 Å². The number of anilines is 1. The minimum atomic E-state index is -0.686. The van der Waals surface area contributed by atoms with Gasteiger partial charge in [0.15, 0.2) is 0 Å². The van der Waals surface area contributed by atoms with E-state index in [0.717, 1.165) is 0 Å². The van der Waals surface area contributed by atoms with E-state index in [4.69, 9.17) is 11.6 Å². The van der Waals surface area contributed by atoms with Crippen molar-refractivity contribution in [2.24, 2.45) is 0 Å². The minimum Gasteiger partial charge on any atom is -0.340 e. The number of nitrogens with one attached hydrogen (secondary N) is 1. The third-order valence-electron chi connectivity index (χ3n) is 3.64. The normalized spacial score (nSPS) is 17.4. The molecule has 1 aromatic carbocycles. The molecule has 2 heterocycles. The molecule has 1 fully saturated rings. The highest BCUT2D eigenvalue weighted by atomic mass is 35.5. The number of hydrogen-bond donors (Lipinski definition) is 1. The number of aromatic nitrogens is 1. The van der Waals surface area contributed by atoms with E-state index in [0.29, 0.717) is 18.5 Å². The van der Waals surface area contributed by atoms with Gasteiger partial charge < -0.3 is 10.2 Å². The van der Waals surface area contributed by atoms with E-state index in [2.05, 4.69) is 10.3 Å². The van der Waals surface area contributed by atoms with E-state index in [9.17, 15) is 14.0 Å². The number of carbonyl (C=O) groups is 2. The van der Waals surface area contributed by atoms with Crippen LogP contribution >= 0.6 is 11.6 Å². The third-order valence-corrected chi connectivity index (χ3v) is 3.85. The zero-order chi connectivity index (χ0) is 16.4. The Kier molecular flexibility index (Phi) is 4.25. The highest BCUT2D eigenvalue weighted by molar-refractivity contribution is 6.29. The van der Waals surface area contributed by atoms with Gasteiger partial charge in [-0.25, -0.2) is 9.37 Å². The molecule has 3 rings (SSSR count). The van der Waals surface area contributed by atoms with E-state index in [-0.39, 0.29) is 16.7 Å². The van der Waals surface area contributed by atoms with E-state index in [1.54, 1.807) is 18.2 Å². The topological polar surface area (TPSA) is 62.3 Å². The third kappa shape index (κ3) is 3.17. The van der Waals surface area contributed by atoms with Gasteiger partial charge in [-0.15, -0.1) is 0 Å². The molecule has 1 unspecified atom stereocenters. The number of benzene rings is 1. The number of carbonyl (C=O) groups excluding carboxylic acids is 2. The molecular formula is C16H13ClFN3O2. The zero-order valence-corrected chi connectivity index (χ0v) is 12.8. The van der Waals surface area contributed by atoms with Crippen LogP contribution in [0.2, 0.25) is 5.15 Å². The maximum atomic E-state index is 13.8. The van der Waals surface area contributed by atoms with Crippen LogP contribution in [0.4, 0.5) is 10.1 Å². The van der Waals surface area contributed by atoms with E-state index in [1.807, 2.05) is 0 Å². The number of rotatable bonds is 3. The van der Waals surface area contributed by atoms with Crippen LogP contribution in [-0.4, -0.2) is 29.4 Å². The standard InChI is InChI=1S/C16H13ClFN3O2/c17-14-9-10(5-7-19-14)15(22)20-12-6-8-21(16(12)23)13-4-2-1-3-11(13)18/h1-5,7,9,12H,6,8H2,(H,20,22). The number of nitrogens with zero attached hydrogens (tertiary/aromatic N) is 2. The summed E-state index contributed by atoms with van der Waals surface area (Å²) in [5.74, 6) is -1.21. The first-order valence-electron chi connectivity index (χ1n) is 7.04. The van der Waals surface area contributed by atoms with Crippen LogP contribution in [0.5, 0.6) is 0 Å². The average Bonchev–Trinajstić information content (AvgIpc) is 2.89. The Bertz CT molecular complexity index is 768. The van der Waals surface area contributed by atoms with Crippen LogP contribution in [0, 0.1) is 5.82 Å². The lowest BCUT2D eigenvalue weighted by Gasteiger charge is -2.17. The summed E-state index contributed by atoms with van der Waals surface area (Å²) in [6.45, 7) is 0.349. The van der Waals surface area contributed by atoms with Crippen molar-refractivity contribution in [1.29, 1.82) is 0 Å². The lowest BCUT2D eigenvalue weighted by atomic mass is 10.2. The van der Waals surface area contributed by atoms with Crippen molar-refractivity contribution in [3.63, 3.8) is 0 Å². The first-order chi connectivity index (χ1) is 11.1. The molecule has 1 aliphatic heterocycles. The Hall–Kier alpha value is -2.47. The van der Waals surface area contributed by atoms with Gasteiger partial charge in [0.2, 0.25) is 5.91 Å². The molecule has 1 atom stereocenters. The molecule has 7 heteroatoms. The molecule has 23 heavy (non-hydrogen) atoms. The summed E-state index contributed by atoms with van der Waals surface area (Å²) in [6, 6.07) is 8.31. The minimum absolute atomic E-state index is 0.198. The molecule has 0 bridgehead atoms. The number of hydrogen-bond acceptors (Lipinski definition) is 3. The van der Waals surface area contributed by atoms with Crippen LogP contribution in [0.3, 0.4) is 0 Å². The maximum absolute atomic E-state index is 13.8. The lowest BCUT2D eigenvalue weighted by Crippen LogP contribution is -2.41. The van der Waals surface area contributed by atoms with E-state index < -0.39 is 17.8 Å². The first-order valence-corrected chi connectivity index (χ1v) is 7.42. The van der Waals surface area contributed by atoms with Crippen LogP contribution in [0.25, 0.3) is 0 Å². The molecule has 1 aliphatic rings. The molecule has 1 aromatic heterocycles. The van der Waals surface area contributed by atoms with Gasteiger partial charge in [0.05, 0.1) is 5.69 Å². The molecule has 5 nitrogen and oxygen atoms in total. The lowest BCUT2D eigenvalue weighted by molar-refractivity contribution is -0.118. The zero-order valence-electron chi connectivity index (χ0n) is 12.0. The summed E-state index contributed by atoms with van der Waals surface area (Å²) in [5.41, 5.74) is 0.545.